The summed E-state index contributed by atoms with van der Waals surface area (Å²) in [6.07, 6.45) is 2.44. The molecule has 1 aromatic carbocycles. The van der Waals surface area contributed by atoms with Gasteiger partial charge in [0, 0.05) is 30.3 Å². The van der Waals surface area contributed by atoms with E-state index in [4.69, 9.17) is 0 Å². The Morgan fingerprint density at radius 2 is 2.14 bits per heavy atom. The highest BCUT2D eigenvalue weighted by Gasteiger charge is 2.29. The molecule has 110 valence electrons. The topological polar surface area (TPSA) is 40.5 Å². The van der Waals surface area contributed by atoms with E-state index >= 15 is 0 Å². The number of phenols is 1. The van der Waals surface area contributed by atoms with Crippen LogP contribution in [-0.4, -0.2) is 21.8 Å². The lowest BCUT2D eigenvalue weighted by atomic mass is 10.1. The van der Waals surface area contributed by atoms with Gasteiger partial charge < -0.3 is 5.11 Å². The first-order valence-corrected chi connectivity index (χ1v) is 8.15. The summed E-state index contributed by atoms with van der Waals surface area (Å²) in [5.41, 5.74) is 2.81. The summed E-state index contributed by atoms with van der Waals surface area (Å²) < 4.78 is 0. The fourth-order valence-electron chi connectivity index (χ4n) is 2.52. The SMILES string of the molecule is CC(=O)c1ccc(O)c(CN(Cc2ccsc2)C2CC2)c1. The van der Waals surface area contributed by atoms with Crippen LogP contribution in [0.5, 0.6) is 5.75 Å². The molecule has 0 bridgehead atoms. The van der Waals surface area contributed by atoms with Gasteiger partial charge in [0.2, 0.25) is 0 Å². The van der Waals surface area contributed by atoms with Crippen molar-refractivity contribution in [3.8, 4) is 5.75 Å². The van der Waals surface area contributed by atoms with Crippen LogP contribution in [0, 0.1) is 0 Å². The number of hydrogen-bond acceptors (Lipinski definition) is 4. The minimum absolute atomic E-state index is 0.0343. The molecular weight excluding hydrogens is 282 g/mol. The van der Waals surface area contributed by atoms with E-state index in [1.807, 2.05) is 6.07 Å². The van der Waals surface area contributed by atoms with Crippen molar-refractivity contribution in [2.45, 2.75) is 38.9 Å². The summed E-state index contributed by atoms with van der Waals surface area (Å²) in [5, 5.41) is 14.3. The van der Waals surface area contributed by atoms with E-state index in [2.05, 4.69) is 21.7 Å². The van der Waals surface area contributed by atoms with Crippen molar-refractivity contribution in [3.05, 3.63) is 51.7 Å². The average molecular weight is 301 g/mol. The van der Waals surface area contributed by atoms with Crippen LogP contribution in [0.3, 0.4) is 0 Å². The quantitative estimate of drug-likeness (QED) is 0.825. The van der Waals surface area contributed by atoms with Gasteiger partial charge in [0.25, 0.3) is 0 Å². The van der Waals surface area contributed by atoms with Gasteiger partial charge >= 0.3 is 0 Å². The number of carbonyl (C=O) groups is 1. The number of ketones is 1. The molecule has 1 aromatic heterocycles. The molecule has 0 unspecified atom stereocenters. The lowest BCUT2D eigenvalue weighted by Crippen LogP contribution is -2.25. The maximum Gasteiger partial charge on any atom is 0.159 e. The largest absolute Gasteiger partial charge is 0.508 e. The van der Waals surface area contributed by atoms with E-state index in [-0.39, 0.29) is 11.5 Å². The van der Waals surface area contributed by atoms with Gasteiger partial charge in [0.1, 0.15) is 5.75 Å². The van der Waals surface area contributed by atoms with Crippen LogP contribution in [0.15, 0.2) is 35.0 Å². The van der Waals surface area contributed by atoms with Gasteiger partial charge in [-0.3, -0.25) is 9.69 Å². The monoisotopic (exact) mass is 301 g/mol. The fourth-order valence-corrected chi connectivity index (χ4v) is 3.18. The molecule has 1 aliphatic rings. The third-order valence-electron chi connectivity index (χ3n) is 3.89. The number of carbonyl (C=O) groups excluding carboxylic acids is 1. The molecule has 1 heterocycles. The van der Waals surface area contributed by atoms with Crippen LogP contribution in [0.2, 0.25) is 0 Å². The Kier molecular flexibility index (Phi) is 4.08. The highest BCUT2D eigenvalue weighted by Crippen LogP contribution is 2.32. The molecular formula is C17H19NO2S. The first-order chi connectivity index (χ1) is 10.1. The van der Waals surface area contributed by atoms with Crippen LogP contribution in [0.25, 0.3) is 0 Å². The summed E-state index contributed by atoms with van der Waals surface area (Å²) in [5.74, 6) is 0.308. The molecule has 0 saturated heterocycles. The smallest absolute Gasteiger partial charge is 0.159 e. The number of aromatic hydroxyl groups is 1. The Morgan fingerprint density at radius 3 is 2.76 bits per heavy atom. The number of Topliss-reactive ketones (excluding diaryl/α,β-unsaturated/α-hetero) is 1. The number of hydrogen-bond donors (Lipinski definition) is 1. The van der Waals surface area contributed by atoms with Crippen molar-refractivity contribution in [2.75, 3.05) is 0 Å². The second-order valence-corrected chi connectivity index (χ2v) is 6.45. The number of benzene rings is 1. The number of thiophene rings is 1. The Labute approximate surface area is 128 Å². The van der Waals surface area contributed by atoms with E-state index in [0.29, 0.717) is 18.2 Å². The molecule has 0 spiro atoms. The maximum absolute atomic E-state index is 11.5. The molecule has 1 N–H and O–H groups in total. The molecule has 0 radical (unpaired) electrons. The van der Waals surface area contributed by atoms with E-state index < -0.39 is 0 Å². The molecule has 2 aromatic rings. The normalized spacial score (nSPS) is 14.6. The van der Waals surface area contributed by atoms with Crippen molar-refractivity contribution in [3.63, 3.8) is 0 Å². The molecule has 0 atom stereocenters. The third-order valence-corrected chi connectivity index (χ3v) is 4.62. The van der Waals surface area contributed by atoms with Gasteiger partial charge in [-0.25, -0.2) is 0 Å². The summed E-state index contributed by atoms with van der Waals surface area (Å²) in [6.45, 7) is 3.14. The third kappa shape index (κ3) is 3.52. The number of rotatable bonds is 6. The van der Waals surface area contributed by atoms with Gasteiger partial charge in [0.15, 0.2) is 5.78 Å². The van der Waals surface area contributed by atoms with Crippen molar-refractivity contribution in [1.82, 2.24) is 4.90 Å². The fraction of sp³-hybridized carbons (Fsp3) is 0.353. The van der Waals surface area contributed by atoms with Gasteiger partial charge in [-0.15, -0.1) is 0 Å². The Balaban J connectivity index is 1.79. The lowest BCUT2D eigenvalue weighted by Gasteiger charge is -2.22. The van der Waals surface area contributed by atoms with Crippen molar-refractivity contribution >= 4 is 17.1 Å². The first-order valence-electron chi connectivity index (χ1n) is 7.21. The average Bonchev–Trinajstić information content (AvgIpc) is 3.18. The Bertz CT molecular complexity index is 632. The standard InChI is InChI=1S/C17H19NO2S/c1-12(19)14-2-5-17(20)15(8-14)10-18(16-3-4-16)9-13-6-7-21-11-13/h2,5-8,11,16,20H,3-4,9-10H2,1H3. The van der Waals surface area contributed by atoms with Crippen LogP contribution in [-0.2, 0) is 13.1 Å². The van der Waals surface area contributed by atoms with Crippen molar-refractivity contribution in [1.29, 1.82) is 0 Å². The molecule has 3 nitrogen and oxygen atoms in total. The second kappa shape index (κ2) is 6.00. The van der Waals surface area contributed by atoms with Crippen LogP contribution in [0.4, 0.5) is 0 Å². The highest BCUT2D eigenvalue weighted by molar-refractivity contribution is 7.07. The highest BCUT2D eigenvalue weighted by atomic mass is 32.1. The van der Waals surface area contributed by atoms with Crippen molar-refractivity contribution < 1.29 is 9.90 Å². The lowest BCUT2D eigenvalue weighted by molar-refractivity contribution is 0.101. The predicted octanol–water partition coefficient (Wildman–Crippen LogP) is 3.82. The Hall–Kier alpha value is -1.65. The van der Waals surface area contributed by atoms with Crippen molar-refractivity contribution in [2.24, 2.45) is 0 Å². The number of phenolic OH excluding ortho intramolecular Hbond substituents is 1. The van der Waals surface area contributed by atoms with Crippen LogP contribution in [0.1, 0.15) is 41.3 Å². The first kappa shape index (κ1) is 14.3. The summed E-state index contributed by atoms with van der Waals surface area (Å²) >= 11 is 1.71. The van der Waals surface area contributed by atoms with Gasteiger partial charge in [-0.2, -0.15) is 11.3 Å². The Morgan fingerprint density at radius 1 is 1.33 bits per heavy atom. The molecule has 1 aliphatic carbocycles. The molecule has 1 fully saturated rings. The predicted molar refractivity (Wildman–Crippen MR) is 84.7 cm³/mol. The van der Waals surface area contributed by atoms with Crippen LogP contribution >= 0.6 is 11.3 Å². The van der Waals surface area contributed by atoms with E-state index in [1.165, 1.54) is 18.4 Å². The minimum Gasteiger partial charge on any atom is -0.508 e. The zero-order valence-corrected chi connectivity index (χ0v) is 12.9. The molecule has 21 heavy (non-hydrogen) atoms. The van der Waals surface area contributed by atoms with E-state index in [0.717, 1.165) is 12.1 Å². The molecule has 3 rings (SSSR count). The van der Waals surface area contributed by atoms with E-state index in [1.54, 1.807) is 30.4 Å². The second-order valence-electron chi connectivity index (χ2n) is 5.67. The molecule has 4 heteroatoms. The molecule has 1 saturated carbocycles. The zero-order chi connectivity index (χ0) is 14.8. The minimum atomic E-state index is 0.0343. The van der Waals surface area contributed by atoms with E-state index in [9.17, 15) is 9.90 Å². The molecule has 0 amide bonds. The van der Waals surface area contributed by atoms with Gasteiger partial charge in [-0.05, 0) is 60.4 Å². The maximum atomic E-state index is 11.5. The molecule has 0 aliphatic heterocycles. The number of nitrogens with zero attached hydrogens (tertiary/aromatic N) is 1. The van der Waals surface area contributed by atoms with Gasteiger partial charge in [-0.1, -0.05) is 0 Å². The zero-order valence-electron chi connectivity index (χ0n) is 12.1. The van der Waals surface area contributed by atoms with Crippen LogP contribution < -0.4 is 0 Å². The summed E-state index contributed by atoms with van der Waals surface area (Å²) in [4.78, 5) is 13.9. The summed E-state index contributed by atoms with van der Waals surface area (Å²) in [7, 11) is 0. The van der Waals surface area contributed by atoms with Gasteiger partial charge in [0.05, 0.1) is 0 Å². The summed E-state index contributed by atoms with van der Waals surface area (Å²) in [6, 6.07) is 7.88.